The Hall–Kier alpha value is -0.913. The van der Waals surface area contributed by atoms with Crippen molar-refractivity contribution in [2.75, 3.05) is 4.90 Å². The van der Waals surface area contributed by atoms with Gasteiger partial charge in [0.15, 0.2) is 0 Å². The molecule has 3 nitrogen and oxygen atoms in total. The van der Waals surface area contributed by atoms with E-state index in [1.54, 1.807) is 12.1 Å². The van der Waals surface area contributed by atoms with Crippen LogP contribution >= 0.6 is 0 Å². The van der Waals surface area contributed by atoms with Crippen LogP contribution in [0.1, 0.15) is 38.1 Å². The van der Waals surface area contributed by atoms with Gasteiger partial charge in [-0.2, -0.15) is 0 Å². The molecule has 0 fully saturated rings. The minimum atomic E-state index is -1.12. The van der Waals surface area contributed by atoms with Crippen LogP contribution in [0.5, 0.6) is 0 Å². The second kappa shape index (κ2) is 6.73. The van der Waals surface area contributed by atoms with Gasteiger partial charge >= 0.3 is 18.9 Å². The largest absolute Gasteiger partial charge is 1.00 e. The first-order valence-corrected chi connectivity index (χ1v) is 5.54. The molecule has 1 aromatic rings. The Morgan fingerprint density at radius 1 is 1.12 bits per heavy atom. The molecule has 1 rings (SSSR count). The van der Waals surface area contributed by atoms with Gasteiger partial charge < -0.3 is 14.8 Å². The second-order valence-electron chi connectivity index (χ2n) is 4.40. The van der Waals surface area contributed by atoms with Gasteiger partial charge in [0.2, 0.25) is 0 Å². The van der Waals surface area contributed by atoms with Gasteiger partial charge in [0.05, 0.1) is 5.97 Å². The van der Waals surface area contributed by atoms with Crippen molar-refractivity contribution in [3.8, 4) is 0 Å². The second-order valence-corrected chi connectivity index (χ2v) is 4.40. The Labute approximate surface area is 115 Å². The molecule has 0 spiro atoms. The van der Waals surface area contributed by atoms with Gasteiger partial charge in [0.25, 0.3) is 0 Å². The number of hydrogen-bond donors (Lipinski definition) is 0. The molecular weight excluding hydrogens is 209 g/mol. The molecule has 0 aliphatic heterocycles. The van der Waals surface area contributed by atoms with Crippen molar-refractivity contribution in [1.82, 2.24) is 0 Å². The van der Waals surface area contributed by atoms with Crippen LogP contribution < -0.4 is 28.9 Å². The smallest absolute Gasteiger partial charge is 0.545 e. The van der Waals surface area contributed by atoms with Crippen molar-refractivity contribution in [1.29, 1.82) is 0 Å². The van der Waals surface area contributed by atoms with Crippen molar-refractivity contribution in [3.05, 3.63) is 29.8 Å². The first-order chi connectivity index (χ1) is 7.45. The molecule has 0 saturated heterocycles. The summed E-state index contributed by atoms with van der Waals surface area (Å²) in [7, 11) is 0. The number of hydrogen-bond acceptors (Lipinski definition) is 3. The number of carbonyl (C=O) groups is 1. The van der Waals surface area contributed by atoms with Crippen LogP contribution in [-0.4, -0.2) is 18.1 Å². The zero-order chi connectivity index (χ0) is 12.3. The summed E-state index contributed by atoms with van der Waals surface area (Å²) in [6, 6.07) is 7.47. The summed E-state index contributed by atoms with van der Waals surface area (Å²) >= 11 is 0. The van der Waals surface area contributed by atoms with E-state index >= 15 is 0 Å². The van der Waals surface area contributed by atoms with Crippen LogP contribution in [0.15, 0.2) is 24.3 Å². The van der Waals surface area contributed by atoms with E-state index in [2.05, 4.69) is 4.90 Å². The number of rotatable bonds is 4. The Balaban J connectivity index is 0.00000256. The van der Waals surface area contributed by atoms with Gasteiger partial charge in [-0.1, -0.05) is 18.2 Å². The van der Waals surface area contributed by atoms with Gasteiger partial charge in [-0.25, -0.2) is 0 Å². The number of carboxylic acid groups (broad SMARTS) is 1. The zero-order valence-corrected chi connectivity index (χ0v) is 11.2. The van der Waals surface area contributed by atoms with Crippen LogP contribution in [0.4, 0.5) is 5.69 Å². The molecule has 0 radical (unpaired) electrons. The molecule has 0 aliphatic rings. The molecule has 17 heavy (non-hydrogen) atoms. The van der Waals surface area contributed by atoms with Crippen LogP contribution in [0.3, 0.4) is 0 Å². The topological polar surface area (TPSA) is 43.4 Å². The Kier molecular flexibility index (Phi) is 6.37. The molecule has 0 amide bonds. The van der Waals surface area contributed by atoms with Crippen molar-refractivity contribution >= 4 is 11.7 Å². The van der Waals surface area contributed by atoms with Crippen molar-refractivity contribution in [3.63, 3.8) is 0 Å². The summed E-state index contributed by atoms with van der Waals surface area (Å²) in [5.41, 5.74) is 0.984. The maximum absolute atomic E-state index is 11.0. The fourth-order valence-electron chi connectivity index (χ4n) is 2.02. The number of carbonyl (C=O) groups excluding carboxylic acids is 1. The van der Waals surface area contributed by atoms with Crippen LogP contribution in [0, 0.1) is 0 Å². The van der Waals surface area contributed by atoms with Crippen molar-refractivity contribution in [2.45, 2.75) is 39.8 Å². The average Bonchev–Trinajstić information content (AvgIpc) is 2.17. The van der Waals surface area contributed by atoms with E-state index in [0.717, 1.165) is 5.69 Å². The number of benzene rings is 1. The third-order valence-corrected chi connectivity index (χ3v) is 2.51. The molecule has 0 bridgehead atoms. The fourth-order valence-corrected chi connectivity index (χ4v) is 2.02. The number of aromatic carboxylic acids is 1. The van der Waals surface area contributed by atoms with E-state index in [0.29, 0.717) is 0 Å². The standard InChI is InChI=1S/C13H19NO2.Li/c1-9(2)14(10(3)4)12-8-6-5-7-11(12)13(15)16;/h5-10H,1-4H3,(H,15,16);/q;+1/p-1. The molecule has 0 heterocycles. The van der Waals surface area contributed by atoms with E-state index in [9.17, 15) is 9.90 Å². The summed E-state index contributed by atoms with van der Waals surface area (Å²) in [5.74, 6) is -1.12. The molecule has 0 saturated carbocycles. The number of carboxylic acids is 1. The molecule has 1 aromatic carbocycles. The van der Waals surface area contributed by atoms with Crippen molar-refractivity contribution < 1.29 is 28.8 Å². The number of para-hydroxylation sites is 1. The predicted molar refractivity (Wildman–Crippen MR) is 63.5 cm³/mol. The van der Waals surface area contributed by atoms with Gasteiger partial charge in [0, 0.05) is 23.3 Å². The minimum Gasteiger partial charge on any atom is -0.545 e. The van der Waals surface area contributed by atoms with E-state index in [4.69, 9.17) is 0 Å². The van der Waals surface area contributed by atoms with Crippen LogP contribution in [0.2, 0.25) is 0 Å². The van der Waals surface area contributed by atoms with Gasteiger partial charge in [0.1, 0.15) is 0 Å². The molecule has 0 N–H and O–H groups in total. The molecule has 4 heteroatoms. The summed E-state index contributed by atoms with van der Waals surface area (Å²) < 4.78 is 0. The van der Waals surface area contributed by atoms with E-state index < -0.39 is 5.97 Å². The van der Waals surface area contributed by atoms with Crippen molar-refractivity contribution in [2.24, 2.45) is 0 Å². The van der Waals surface area contributed by atoms with E-state index in [1.165, 1.54) is 0 Å². The SMILES string of the molecule is CC(C)N(c1ccccc1C(=O)[O-])C(C)C.[Li+]. The number of anilines is 1. The maximum atomic E-state index is 11.0. The molecule has 0 aromatic heterocycles. The van der Waals surface area contributed by atoms with Crippen LogP contribution in [0.25, 0.3) is 0 Å². The van der Waals surface area contributed by atoms with E-state index in [-0.39, 0.29) is 36.5 Å². The first kappa shape index (κ1) is 16.1. The first-order valence-electron chi connectivity index (χ1n) is 5.54. The molecular formula is C13H18LiNO2. The fraction of sp³-hybridized carbons (Fsp3) is 0.462. The Bertz CT molecular complexity index is 369. The van der Waals surface area contributed by atoms with E-state index in [1.807, 2.05) is 39.8 Å². The Morgan fingerprint density at radius 2 is 1.59 bits per heavy atom. The van der Waals surface area contributed by atoms with Gasteiger partial charge in [-0.3, -0.25) is 0 Å². The summed E-state index contributed by atoms with van der Waals surface area (Å²) in [6.07, 6.45) is 0. The number of nitrogens with zero attached hydrogens (tertiary/aromatic N) is 1. The normalized spacial score (nSPS) is 10.2. The van der Waals surface area contributed by atoms with Crippen LogP contribution in [-0.2, 0) is 0 Å². The molecule has 88 valence electrons. The Morgan fingerprint density at radius 3 is 2.00 bits per heavy atom. The quantitative estimate of drug-likeness (QED) is 0.599. The summed E-state index contributed by atoms with van der Waals surface area (Å²) in [4.78, 5) is 13.1. The monoisotopic (exact) mass is 227 g/mol. The molecule has 0 atom stereocenters. The molecule has 0 aliphatic carbocycles. The van der Waals surface area contributed by atoms with Gasteiger partial charge in [-0.15, -0.1) is 0 Å². The third kappa shape index (κ3) is 3.80. The third-order valence-electron chi connectivity index (χ3n) is 2.51. The van der Waals surface area contributed by atoms with Gasteiger partial charge in [-0.05, 0) is 33.8 Å². The minimum absolute atomic E-state index is 0. The average molecular weight is 227 g/mol. The molecule has 0 unspecified atom stereocenters. The summed E-state index contributed by atoms with van der Waals surface area (Å²) in [6.45, 7) is 8.19. The zero-order valence-electron chi connectivity index (χ0n) is 11.2. The predicted octanol–water partition coefficient (Wildman–Crippen LogP) is -1.32. The summed E-state index contributed by atoms with van der Waals surface area (Å²) in [5, 5.41) is 11.0. The maximum Gasteiger partial charge on any atom is 1.00 e.